The van der Waals surface area contributed by atoms with Crippen LogP contribution in [0.3, 0.4) is 0 Å². The molecule has 5 heteroatoms. The molecule has 0 unspecified atom stereocenters. The van der Waals surface area contributed by atoms with Crippen molar-refractivity contribution in [2.75, 3.05) is 16.5 Å². The Labute approximate surface area is 449 Å². The molecule has 374 valence electrons. The highest BCUT2D eigenvalue weighted by Gasteiger charge is 2.38. The molecule has 75 heavy (non-hydrogen) atoms. The van der Waals surface area contributed by atoms with Gasteiger partial charge in [0.25, 0.3) is 0 Å². The summed E-state index contributed by atoms with van der Waals surface area (Å²) in [4.78, 5) is 9.70. The molecule has 0 atom stereocenters. The minimum Gasteiger partial charge on any atom is -0.457 e. The molecule has 0 N–H and O–H groups in total. The van der Waals surface area contributed by atoms with Crippen LogP contribution in [0.2, 0.25) is 0 Å². The second kappa shape index (κ2) is 17.9. The first-order valence-corrected chi connectivity index (χ1v) is 26.5. The van der Waals surface area contributed by atoms with E-state index in [1.807, 2.05) is 47.0 Å². The Balaban J connectivity index is 0.996. The Hall–Kier alpha value is -7.89. The first kappa shape index (κ1) is 43.5. The van der Waals surface area contributed by atoms with Crippen LogP contribution in [0.25, 0.3) is 61.0 Å². The molecule has 2 aromatic heterocycles. The standard InChI is InChI=1S/C70H68N4O/c1-67(2,3)50-34-37-71-65(42-50)74-61-27-15-14-26-55(61)56-32-31-54(44-64(56)74)75-53-25-19-24-52(43-53)72-45-73(63-29-17-16-28-62(63)72)66-57(48-23-18-22-47(38-48)46-20-12-11-13-21-46)40-51(68(4,5)6)41-58(66)49-30-33-59-60(39-49)70(9,10)36-35-69(59,7)8/h11-34,37-44H,35-36,45H2,1-10H3/i14D,15D,26D,27D. The summed E-state index contributed by atoms with van der Waals surface area (Å²) in [6.45, 7) is 23.6. The van der Waals surface area contributed by atoms with Crippen molar-refractivity contribution in [3.05, 3.63) is 216 Å². The van der Waals surface area contributed by atoms with Gasteiger partial charge in [-0.3, -0.25) is 4.57 Å². The molecule has 0 radical (unpaired) electrons. The summed E-state index contributed by atoms with van der Waals surface area (Å²) in [6.07, 6.45) is 4.05. The summed E-state index contributed by atoms with van der Waals surface area (Å²) >= 11 is 0. The Bertz CT molecular complexity index is 4070. The quantitative estimate of drug-likeness (QED) is 0.152. The predicted molar refractivity (Wildman–Crippen MR) is 316 cm³/mol. The molecular formula is C70H68N4O. The van der Waals surface area contributed by atoms with Crippen molar-refractivity contribution < 1.29 is 10.2 Å². The summed E-state index contributed by atoms with van der Waals surface area (Å²) in [5.74, 6) is 1.76. The first-order valence-electron chi connectivity index (χ1n) is 28.5. The fourth-order valence-electron chi connectivity index (χ4n) is 11.5. The molecular weight excluding hydrogens is 913 g/mol. The van der Waals surface area contributed by atoms with Gasteiger partial charge in [0.15, 0.2) is 0 Å². The van der Waals surface area contributed by atoms with Crippen LogP contribution in [0.15, 0.2) is 194 Å². The number of pyridine rings is 1. The SMILES string of the molecule is [2H]c1c([2H])c([2H])c2c(c1[2H])c1ccc(Oc3cccc(N4CN(c5c(-c6cccc(-c7ccccc7)c6)cc(C(C)(C)C)cc5-c5ccc6c(c5)C(C)(C)CCC6(C)C)c5ccccc54)c3)cc1n2-c1cc(C(C)(C)C)ccn1. The summed E-state index contributed by atoms with van der Waals surface area (Å²) in [5, 5.41) is 1.13. The van der Waals surface area contributed by atoms with Crippen molar-refractivity contribution >= 4 is 44.6 Å². The van der Waals surface area contributed by atoms with Gasteiger partial charge in [-0.15, -0.1) is 0 Å². The van der Waals surface area contributed by atoms with Crippen molar-refractivity contribution in [2.45, 2.75) is 104 Å². The Morgan fingerprint density at radius 1 is 0.507 bits per heavy atom. The number of anilines is 4. The lowest BCUT2D eigenvalue weighted by Gasteiger charge is -2.42. The van der Waals surface area contributed by atoms with Gasteiger partial charge in [0.1, 0.15) is 24.0 Å². The van der Waals surface area contributed by atoms with Gasteiger partial charge in [-0.25, -0.2) is 4.98 Å². The number of ether oxygens (including phenoxy) is 1. The van der Waals surface area contributed by atoms with Crippen LogP contribution in [0.4, 0.5) is 22.7 Å². The van der Waals surface area contributed by atoms with Gasteiger partial charge in [-0.2, -0.15) is 0 Å². The second-order valence-corrected chi connectivity index (χ2v) is 24.1. The highest BCUT2D eigenvalue weighted by molar-refractivity contribution is 6.09. The third-order valence-corrected chi connectivity index (χ3v) is 16.0. The zero-order chi connectivity index (χ0) is 55.5. The second-order valence-electron chi connectivity index (χ2n) is 24.1. The zero-order valence-electron chi connectivity index (χ0n) is 49.0. The first-order chi connectivity index (χ1) is 37.6. The smallest absolute Gasteiger partial charge is 0.137 e. The number of hydrogen-bond acceptors (Lipinski definition) is 4. The third-order valence-electron chi connectivity index (χ3n) is 16.0. The van der Waals surface area contributed by atoms with Gasteiger partial charge < -0.3 is 14.5 Å². The summed E-state index contributed by atoms with van der Waals surface area (Å²) < 4.78 is 44.2. The number of hydrogen-bond donors (Lipinski definition) is 0. The number of nitrogens with zero attached hydrogens (tertiary/aromatic N) is 4. The summed E-state index contributed by atoms with van der Waals surface area (Å²) in [7, 11) is 0. The summed E-state index contributed by atoms with van der Waals surface area (Å²) in [6, 6.07) is 57.8. The molecule has 0 fully saturated rings. The van der Waals surface area contributed by atoms with Crippen molar-refractivity contribution in [1.82, 2.24) is 9.55 Å². The van der Waals surface area contributed by atoms with Gasteiger partial charge >= 0.3 is 0 Å². The van der Waals surface area contributed by atoms with E-state index in [-0.39, 0.29) is 45.8 Å². The van der Waals surface area contributed by atoms with Crippen molar-refractivity contribution in [3.63, 3.8) is 0 Å². The molecule has 0 saturated heterocycles. The average Bonchev–Trinajstić information content (AvgIpc) is 4.25. The van der Waals surface area contributed by atoms with Gasteiger partial charge in [0, 0.05) is 45.9 Å². The Kier molecular flexibility index (Phi) is 10.4. The molecule has 0 saturated carbocycles. The van der Waals surface area contributed by atoms with Crippen LogP contribution >= 0.6 is 0 Å². The van der Waals surface area contributed by atoms with E-state index in [0.717, 1.165) is 46.7 Å². The highest BCUT2D eigenvalue weighted by Crippen LogP contribution is 2.54. The number of para-hydroxylation sites is 3. The molecule has 1 aliphatic carbocycles. The lowest BCUT2D eigenvalue weighted by atomic mass is 9.63. The van der Waals surface area contributed by atoms with Gasteiger partial charge in [0.05, 0.1) is 33.6 Å². The van der Waals surface area contributed by atoms with Gasteiger partial charge in [-0.1, -0.05) is 172 Å². The molecule has 10 aromatic rings. The lowest BCUT2D eigenvalue weighted by molar-refractivity contribution is 0.332. The third kappa shape index (κ3) is 8.66. The van der Waals surface area contributed by atoms with Crippen LogP contribution in [0.5, 0.6) is 11.5 Å². The minimum absolute atomic E-state index is 0.0224. The Morgan fingerprint density at radius 3 is 1.89 bits per heavy atom. The van der Waals surface area contributed by atoms with Crippen LogP contribution < -0.4 is 14.5 Å². The lowest BCUT2D eigenvalue weighted by Crippen LogP contribution is -2.33. The van der Waals surface area contributed by atoms with Crippen molar-refractivity contribution in [3.8, 4) is 50.7 Å². The maximum absolute atomic E-state index is 9.15. The number of fused-ring (bicyclic) bond motifs is 5. The minimum atomic E-state index is -0.290. The van der Waals surface area contributed by atoms with Crippen LogP contribution in [-0.4, -0.2) is 16.2 Å². The van der Waals surface area contributed by atoms with E-state index >= 15 is 0 Å². The van der Waals surface area contributed by atoms with Crippen LogP contribution in [0.1, 0.15) is 110 Å². The molecule has 2 aliphatic rings. The maximum atomic E-state index is 9.15. The van der Waals surface area contributed by atoms with Gasteiger partial charge in [0.2, 0.25) is 0 Å². The van der Waals surface area contributed by atoms with E-state index in [1.54, 1.807) is 6.20 Å². The average molecular weight is 985 g/mol. The molecule has 0 amide bonds. The fraction of sp³-hybridized carbons (Fsp3) is 0.243. The molecule has 5 nitrogen and oxygen atoms in total. The normalized spacial score (nSPS) is 15.8. The van der Waals surface area contributed by atoms with Crippen molar-refractivity contribution in [1.29, 1.82) is 0 Å². The van der Waals surface area contributed by atoms with E-state index in [9.17, 15) is 0 Å². The molecule has 1 aliphatic heterocycles. The van der Waals surface area contributed by atoms with Gasteiger partial charge in [-0.05, 0) is 152 Å². The fourth-order valence-corrected chi connectivity index (χ4v) is 11.5. The van der Waals surface area contributed by atoms with E-state index in [4.69, 9.17) is 15.2 Å². The monoisotopic (exact) mass is 985 g/mol. The van der Waals surface area contributed by atoms with Crippen LogP contribution in [0, 0.1) is 0 Å². The van der Waals surface area contributed by atoms with Crippen molar-refractivity contribution in [2.24, 2.45) is 0 Å². The van der Waals surface area contributed by atoms with E-state index < -0.39 is 0 Å². The Morgan fingerprint density at radius 2 is 1.15 bits per heavy atom. The molecule has 0 bridgehead atoms. The number of benzene rings is 8. The topological polar surface area (TPSA) is 33.5 Å². The van der Waals surface area contributed by atoms with E-state index in [1.165, 1.54) is 44.5 Å². The van der Waals surface area contributed by atoms with Crippen LogP contribution in [-0.2, 0) is 21.7 Å². The van der Waals surface area contributed by atoms with E-state index in [0.29, 0.717) is 45.8 Å². The molecule has 12 rings (SSSR count). The molecule has 3 heterocycles. The molecule has 0 spiro atoms. The van der Waals surface area contributed by atoms with E-state index in [2.05, 4.69) is 200 Å². The molecule has 8 aromatic carbocycles. The maximum Gasteiger partial charge on any atom is 0.137 e. The number of aromatic nitrogens is 2. The number of rotatable bonds is 8. The predicted octanol–water partition coefficient (Wildman–Crippen LogP) is 19.2. The largest absolute Gasteiger partial charge is 0.457 e. The summed E-state index contributed by atoms with van der Waals surface area (Å²) in [5.41, 5.74) is 17.4. The zero-order valence-corrected chi connectivity index (χ0v) is 45.0. The highest BCUT2D eigenvalue weighted by atomic mass is 16.5.